The van der Waals surface area contributed by atoms with Gasteiger partial charge in [-0.2, -0.15) is 0 Å². The predicted octanol–water partition coefficient (Wildman–Crippen LogP) is 7.87. The van der Waals surface area contributed by atoms with Crippen molar-refractivity contribution < 1.29 is 42.5 Å². The summed E-state index contributed by atoms with van der Waals surface area (Å²) in [5.74, 6) is 0.0664. The fraction of sp³-hybridized carbons (Fsp3) is 0.318. The molecule has 334 valence electrons. The van der Waals surface area contributed by atoms with Gasteiger partial charge in [0.05, 0.1) is 23.2 Å². The van der Waals surface area contributed by atoms with Crippen molar-refractivity contribution in [3.8, 4) is 22.9 Å². The summed E-state index contributed by atoms with van der Waals surface area (Å²) in [5.41, 5.74) is 6.41. The molecule has 2 saturated carbocycles. The van der Waals surface area contributed by atoms with E-state index in [9.17, 15) is 28.0 Å². The first kappa shape index (κ1) is 49.5. The summed E-state index contributed by atoms with van der Waals surface area (Å²) in [7, 11) is 0. The van der Waals surface area contributed by atoms with Crippen LogP contribution in [0.1, 0.15) is 73.3 Å². The Balaban J connectivity index is 0.000000240. The SMILES string of the molecule is CC(=O)Nc1ccc(-c2ncccn2)c(C(=O)N[C@H]2CCC[C@@H]2COc2ccc(F)cc2)n1.CC(=O)Nc1ccc(Br)c(C(=O)O)n1.Cl.N[C@H]1CCC[C@@H]1COc1ccc(F)cc1. The summed E-state index contributed by atoms with van der Waals surface area (Å²) in [4.78, 5) is 62.6. The van der Waals surface area contributed by atoms with Gasteiger partial charge in [-0.1, -0.05) is 12.8 Å². The third kappa shape index (κ3) is 15.6. The quantitative estimate of drug-likeness (QED) is 0.0807. The van der Waals surface area contributed by atoms with Gasteiger partial charge in [-0.3, -0.25) is 14.4 Å². The number of nitrogens with two attached hydrogens (primary N) is 1. The maximum atomic E-state index is 13.3. The van der Waals surface area contributed by atoms with E-state index >= 15 is 0 Å². The van der Waals surface area contributed by atoms with E-state index in [2.05, 4.69) is 51.8 Å². The molecule has 0 bridgehead atoms. The Labute approximate surface area is 377 Å². The fourth-order valence-corrected chi connectivity index (χ4v) is 7.14. The lowest BCUT2D eigenvalue weighted by Gasteiger charge is -2.22. The van der Waals surface area contributed by atoms with Crippen LogP contribution in [0.4, 0.5) is 20.4 Å². The van der Waals surface area contributed by atoms with Gasteiger partial charge in [0, 0.05) is 50.2 Å². The van der Waals surface area contributed by atoms with Gasteiger partial charge in [0.2, 0.25) is 11.8 Å². The molecule has 3 aromatic heterocycles. The number of aromatic nitrogens is 4. The van der Waals surface area contributed by atoms with E-state index in [-0.39, 0.29) is 82.8 Å². The fourth-order valence-electron chi connectivity index (χ4n) is 6.75. The third-order valence-electron chi connectivity index (χ3n) is 9.82. The van der Waals surface area contributed by atoms with Gasteiger partial charge < -0.3 is 36.3 Å². The first-order valence-corrected chi connectivity index (χ1v) is 20.6. The van der Waals surface area contributed by atoms with Gasteiger partial charge in [0.25, 0.3) is 5.91 Å². The summed E-state index contributed by atoms with van der Waals surface area (Å²) in [6, 6.07) is 20.1. The molecule has 3 heterocycles. The van der Waals surface area contributed by atoms with E-state index in [1.807, 2.05) is 0 Å². The number of rotatable bonds is 12. The smallest absolute Gasteiger partial charge is 0.355 e. The standard InChI is InChI=1S/C24H24FN5O3.C12H16FNO.C8H7BrN2O3.ClH/c1-15(31)28-21-11-10-19(23-26-12-3-13-27-23)22(30-21)24(32)29-20-5-2-4-16(20)14-33-18-8-6-17(25)7-9-18;13-10-4-6-11(7-5-10)15-8-9-2-1-3-12(9)14;1-4(12)10-6-3-2-5(9)7(11-6)8(13)14;/h3,6-13,16,20H,2,4-5,14H2,1H3,(H,29,32)(H,28,30,31);4-7,9,12H,1-3,8,14H2;2-3H,1H3,(H,13,14)(H,10,11,12);1H/t16-,20+;9-,12+;;/m11../s1. The molecule has 19 heteroatoms. The van der Waals surface area contributed by atoms with Crippen LogP contribution in [0, 0.1) is 23.5 Å². The van der Waals surface area contributed by atoms with Gasteiger partial charge in [-0.25, -0.2) is 33.5 Å². The molecule has 0 aliphatic heterocycles. The molecule has 7 rings (SSSR count). The second-order valence-corrected chi connectivity index (χ2v) is 15.4. The second kappa shape index (κ2) is 24.5. The number of hydrogen-bond donors (Lipinski definition) is 5. The average Bonchev–Trinajstić information content (AvgIpc) is 3.88. The highest BCUT2D eigenvalue weighted by atomic mass is 79.9. The minimum Gasteiger partial charge on any atom is -0.493 e. The zero-order chi connectivity index (χ0) is 44.6. The Kier molecular flexibility index (Phi) is 19.3. The van der Waals surface area contributed by atoms with Crippen LogP contribution in [-0.4, -0.2) is 74.0 Å². The lowest BCUT2D eigenvalue weighted by atomic mass is 10.0. The molecule has 2 aromatic carbocycles. The van der Waals surface area contributed by atoms with Gasteiger partial charge in [-0.15, -0.1) is 12.4 Å². The van der Waals surface area contributed by atoms with Crippen LogP contribution in [0.3, 0.4) is 0 Å². The van der Waals surface area contributed by atoms with Crippen LogP contribution in [0.2, 0.25) is 0 Å². The van der Waals surface area contributed by atoms with Crippen molar-refractivity contribution in [2.24, 2.45) is 17.6 Å². The number of nitrogens with one attached hydrogen (secondary N) is 3. The van der Waals surface area contributed by atoms with Crippen molar-refractivity contribution in [3.05, 3.63) is 119 Å². The van der Waals surface area contributed by atoms with Crippen molar-refractivity contribution in [2.45, 2.75) is 64.5 Å². The molecule has 0 radical (unpaired) electrons. The van der Waals surface area contributed by atoms with Crippen molar-refractivity contribution in [1.82, 2.24) is 25.3 Å². The van der Waals surface area contributed by atoms with E-state index < -0.39 is 5.97 Å². The highest BCUT2D eigenvalue weighted by Crippen LogP contribution is 2.29. The summed E-state index contributed by atoms with van der Waals surface area (Å²) in [6.07, 6.45) is 9.28. The molecule has 63 heavy (non-hydrogen) atoms. The molecule has 4 atom stereocenters. The number of benzene rings is 2. The number of carbonyl (C=O) groups excluding carboxylic acids is 3. The molecule has 2 aliphatic carbocycles. The molecule has 2 fully saturated rings. The molecular formula is C44H48BrClF2N8O7. The van der Waals surface area contributed by atoms with E-state index in [0.717, 1.165) is 37.9 Å². The number of amides is 3. The molecule has 0 saturated heterocycles. The highest BCUT2D eigenvalue weighted by Gasteiger charge is 2.31. The van der Waals surface area contributed by atoms with E-state index in [4.69, 9.17) is 20.3 Å². The Morgan fingerprint density at radius 3 is 1.76 bits per heavy atom. The topological polar surface area (TPSA) is 221 Å². The summed E-state index contributed by atoms with van der Waals surface area (Å²) < 4.78 is 37.5. The average molecular weight is 954 g/mol. The van der Waals surface area contributed by atoms with Gasteiger partial charge >= 0.3 is 5.97 Å². The summed E-state index contributed by atoms with van der Waals surface area (Å²) in [5, 5.41) is 16.8. The number of ether oxygens (including phenoxy) is 2. The number of pyridine rings is 2. The number of nitrogens with zero attached hydrogens (tertiary/aromatic N) is 4. The van der Waals surface area contributed by atoms with E-state index in [1.165, 1.54) is 56.7 Å². The van der Waals surface area contributed by atoms with E-state index in [1.54, 1.807) is 54.9 Å². The summed E-state index contributed by atoms with van der Waals surface area (Å²) >= 11 is 3.04. The van der Waals surface area contributed by atoms with Crippen molar-refractivity contribution in [3.63, 3.8) is 0 Å². The molecule has 0 unspecified atom stereocenters. The minimum atomic E-state index is -1.15. The Bertz CT molecular complexity index is 2300. The first-order chi connectivity index (χ1) is 29.7. The number of halogens is 4. The minimum absolute atomic E-state index is 0. The number of anilines is 2. The molecule has 15 nitrogen and oxygen atoms in total. The molecule has 6 N–H and O–H groups in total. The third-order valence-corrected chi connectivity index (χ3v) is 10.5. The van der Waals surface area contributed by atoms with Crippen LogP contribution >= 0.6 is 28.3 Å². The van der Waals surface area contributed by atoms with Crippen LogP contribution in [0.15, 0.2) is 95.7 Å². The van der Waals surface area contributed by atoms with Crippen LogP contribution in [0.5, 0.6) is 11.5 Å². The van der Waals surface area contributed by atoms with Crippen molar-refractivity contribution in [2.75, 3.05) is 23.8 Å². The highest BCUT2D eigenvalue weighted by molar-refractivity contribution is 9.10. The second-order valence-electron chi connectivity index (χ2n) is 14.5. The Morgan fingerprint density at radius 2 is 1.24 bits per heavy atom. The van der Waals surface area contributed by atoms with Crippen LogP contribution in [0.25, 0.3) is 11.4 Å². The zero-order valence-corrected chi connectivity index (χ0v) is 36.8. The zero-order valence-electron chi connectivity index (χ0n) is 34.4. The van der Waals surface area contributed by atoms with Crippen molar-refractivity contribution in [1.29, 1.82) is 0 Å². The normalized spacial score (nSPS) is 17.3. The summed E-state index contributed by atoms with van der Waals surface area (Å²) in [6.45, 7) is 3.75. The number of carbonyl (C=O) groups is 4. The number of hydrogen-bond acceptors (Lipinski definition) is 11. The molecule has 5 aromatic rings. The van der Waals surface area contributed by atoms with Gasteiger partial charge in [0.15, 0.2) is 11.5 Å². The predicted molar refractivity (Wildman–Crippen MR) is 238 cm³/mol. The van der Waals surface area contributed by atoms with Crippen LogP contribution < -0.4 is 31.2 Å². The van der Waals surface area contributed by atoms with Gasteiger partial charge in [-0.05, 0) is 120 Å². The molecule has 0 spiro atoms. The Morgan fingerprint density at radius 1 is 0.730 bits per heavy atom. The lowest BCUT2D eigenvalue weighted by Crippen LogP contribution is -2.40. The molecular weight excluding hydrogens is 906 g/mol. The molecule has 2 aliphatic rings. The number of carboxylic acid groups (broad SMARTS) is 1. The van der Waals surface area contributed by atoms with Gasteiger partial charge in [0.1, 0.15) is 40.5 Å². The maximum absolute atomic E-state index is 13.3. The Hall–Kier alpha value is -6.11. The van der Waals surface area contributed by atoms with E-state index in [0.29, 0.717) is 40.7 Å². The van der Waals surface area contributed by atoms with Crippen LogP contribution in [-0.2, 0) is 9.59 Å². The molecule has 3 amide bonds. The maximum Gasteiger partial charge on any atom is 0.355 e. The lowest BCUT2D eigenvalue weighted by molar-refractivity contribution is -0.115. The number of aromatic carboxylic acids is 1. The largest absolute Gasteiger partial charge is 0.493 e. The first-order valence-electron chi connectivity index (χ1n) is 19.8. The number of carboxylic acids is 1. The van der Waals surface area contributed by atoms with Crippen molar-refractivity contribution >= 4 is 63.7 Å². The monoisotopic (exact) mass is 952 g/mol.